The lowest BCUT2D eigenvalue weighted by Crippen LogP contribution is -2.30. The molecule has 232 valence electrons. The van der Waals surface area contributed by atoms with E-state index in [4.69, 9.17) is 24.7 Å². The van der Waals surface area contributed by atoms with Crippen LogP contribution in [0, 0.1) is 5.41 Å². The van der Waals surface area contributed by atoms with Crippen LogP contribution in [0.1, 0.15) is 84.7 Å². The highest BCUT2D eigenvalue weighted by Crippen LogP contribution is 2.42. The third kappa shape index (κ3) is 7.57. The molecule has 0 bridgehead atoms. The second-order valence-corrected chi connectivity index (χ2v) is 11.0. The summed E-state index contributed by atoms with van der Waals surface area (Å²) in [4.78, 5) is 41.0. The molecular weight excluding hydrogens is 552 g/mol. The summed E-state index contributed by atoms with van der Waals surface area (Å²) in [6.45, 7) is 8.37. The molecule has 11 nitrogen and oxygen atoms in total. The molecule has 0 unspecified atom stereocenters. The predicted octanol–water partition coefficient (Wildman–Crippen LogP) is 4.49. The summed E-state index contributed by atoms with van der Waals surface area (Å²) in [5, 5.41) is 20.4. The van der Waals surface area contributed by atoms with Crippen LogP contribution in [0.15, 0.2) is 24.3 Å². The van der Waals surface area contributed by atoms with E-state index in [0.717, 1.165) is 37.2 Å². The van der Waals surface area contributed by atoms with Crippen molar-refractivity contribution < 1.29 is 33.7 Å². The van der Waals surface area contributed by atoms with Gasteiger partial charge in [0.2, 0.25) is 0 Å². The third-order valence-corrected chi connectivity index (χ3v) is 7.44. The molecular formula is C32H42N4O7. The Morgan fingerprint density at radius 1 is 1.05 bits per heavy atom. The highest BCUT2D eigenvalue weighted by atomic mass is 16.5. The van der Waals surface area contributed by atoms with Gasteiger partial charge in [-0.3, -0.25) is 19.8 Å². The molecule has 0 spiro atoms. The number of carboxylic acids is 1. The van der Waals surface area contributed by atoms with Crippen LogP contribution in [-0.2, 0) is 11.3 Å². The summed E-state index contributed by atoms with van der Waals surface area (Å²) in [7, 11) is 1.55. The number of benzene rings is 2. The summed E-state index contributed by atoms with van der Waals surface area (Å²) < 4.78 is 18.1. The maximum absolute atomic E-state index is 13.8. The minimum Gasteiger partial charge on any atom is -0.493 e. The normalized spacial score (nSPS) is 14.2. The first-order chi connectivity index (χ1) is 20.6. The number of hydrogen-bond acceptors (Lipinski definition) is 8. The number of nitrogens with zero attached hydrogens (tertiary/aromatic N) is 2. The quantitative estimate of drug-likeness (QED) is 0.201. The standard InChI is InChI=1S/C32H42N4O7/c1-5-41-27-16-22-18-36(31(33)23(22)17-24(27)32(40)34-4)19-26(37)21-14-25(35-11-7-8-12-35)30(28(15-21)43-20(2)3)42-13-9-6-10-29(38)39/h14-17,20,33H,5-13,18-19H2,1-4H3,(H,34,40)(H,38,39). The number of unbranched alkanes of at least 4 members (excludes halogenated alkanes) is 1. The van der Waals surface area contributed by atoms with Crippen molar-refractivity contribution in [1.82, 2.24) is 10.2 Å². The fraction of sp³-hybridized carbons (Fsp3) is 0.500. The summed E-state index contributed by atoms with van der Waals surface area (Å²) >= 11 is 0. The zero-order valence-electron chi connectivity index (χ0n) is 25.5. The number of fused-ring (bicyclic) bond motifs is 1. The SMILES string of the molecule is CCOc1cc2c(cc1C(=O)NC)C(=N)N(CC(=O)c1cc(OC(C)C)c(OCCCCC(=O)O)c(N3CCCC3)c1)C2. The molecule has 1 saturated heterocycles. The first kappa shape index (κ1) is 31.7. The number of ether oxygens (including phenoxy) is 3. The molecule has 1 amide bonds. The van der Waals surface area contributed by atoms with Gasteiger partial charge in [0.05, 0.1) is 37.1 Å². The van der Waals surface area contributed by atoms with E-state index in [1.807, 2.05) is 26.8 Å². The Morgan fingerprint density at radius 3 is 2.44 bits per heavy atom. The van der Waals surface area contributed by atoms with E-state index in [0.29, 0.717) is 66.5 Å². The summed E-state index contributed by atoms with van der Waals surface area (Å²) in [5.41, 5.74) is 3.02. The Kier molecular flexibility index (Phi) is 10.5. The fourth-order valence-corrected chi connectivity index (χ4v) is 5.40. The largest absolute Gasteiger partial charge is 0.493 e. The Labute approximate surface area is 252 Å². The van der Waals surface area contributed by atoms with Crippen molar-refractivity contribution in [3.63, 3.8) is 0 Å². The smallest absolute Gasteiger partial charge is 0.303 e. The van der Waals surface area contributed by atoms with Crippen molar-refractivity contribution in [3.05, 3.63) is 46.5 Å². The van der Waals surface area contributed by atoms with E-state index in [9.17, 15) is 14.4 Å². The number of nitrogens with one attached hydrogen (secondary N) is 2. The zero-order chi connectivity index (χ0) is 31.1. The van der Waals surface area contributed by atoms with Crippen LogP contribution in [0.4, 0.5) is 5.69 Å². The van der Waals surface area contributed by atoms with E-state index in [2.05, 4.69) is 10.2 Å². The van der Waals surface area contributed by atoms with Gasteiger partial charge in [0.1, 0.15) is 11.6 Å². The molecule has 0 atom stereocenters. The van der Waals surface area contributed by atoms with Gasteiger partial charge in [0.15, 0.2) is 17.3 Å². The number of rotatable bonds is 15. The lowest BCUT2D eigenvalue weighted by molar-refractivity contribution is -0.137. The second-order valence-electron chi connectivity index (χ2n) is 11.0. The highest BCUT2D eigenvalue weighted by molar-refractivity contribution is 6.08. The van der Waals surface area contributed by atoms with Crippen molar-refractivity contribution in [2.75, 3.05) is 44.8 Å². The second kappa shape index (κ2) is 14.3. The molecule has 2 heterocycles. The molecule has 43 heavy (non-hydrogen) atoms. The Hall–Kier alpha value is -4.28. The average Bonchev–Trinajstić information content (AvgIpc) is 3.60. The highest BCUT2D eigenvalue weighted by Gasteiger charge is 2.30. The van der Waals surface area contributed by atoms with Crippen LogP contribution in [0.2, 0.25) is 0 Å². The number of carbonyl (C=O) groups excluding carboxylic acids is 2. The Morgan fingerprint density at radius 2 is 1.79 bits per heavy atom. The molecule has 1 fully saturated rings. The molecule has 2 aromatic carbocycles. The first-order valence-corrected chi connectivity index (χ1v) is 15.0. The van der Waals surface area contributed by atoms with Gasteiger partial charge in [-0.25, -0.2) is 0 Å². The van der Waals surface area contributed by atoms with Crippen LogP contribution in [0.25, 0.3) is 0 Å². The number of anilines is 1. The minimum atomic E-state index is -0.833. The van der Waals surface area contributed by atoms with Crippen molar-refractivity contribution >= 4 is 29.2 Å². The number of carbonyl (C=O) groups is 3. The summed E-state index contributed by atoms with van der Waals surface area (Å²) in [6, 6.07) is 7.00. The lowest BCUT2D eigenvalue weighted by Gasteiger charge is -2.26. The van der Waals surface area contributed by atoms with E-state index < -0.39 is 5.97 Å². The van der Waals surface area contributed by atoms with Gasteiger partial charge in [-0.05, 0) is 76.3 Å². The van der Waals surface area contributed by atoms with E-state index in [1.165, 1.54) is 0 Å². The Bertz CT molecular complexity index is 1370. The van der Waals surface area contributed by atoms with Crippen LogP contribution in [0.3, 0.4) is 0 Å². The molecule has 2 aliphatic rings. The molecule has 0 saturated carbocycles. The number of ketones is 1. The molecule has 11 heteroatoms. The monoisotopic (exact) mass is 594 g/mol. The summed E-state index contributed by atoms with van der Waals surface area (Å²) in [6.07, 6.45) is 3.06. The molecule has 0 aromatic heterocycles. The minimum absolute atomic E-state index is 0.0251. The first-order valence-electron chi connectivity index (χ1n) is 15.0. The van der Waals surface area contributed by atoms with Crippen molar-refractivity contribution in [3.8, 4) is 17.2 Å². The van der Waals surface area contributed by atoms with Crippen LogP contribution < -0.4 is 24.4 Å². The number of amides is 1. The van der Waals surface area contributed by atoms with Crippen LogP contribution in [-0.4, -0.2) is 79.5 Å². The lowest BCUT2D eigenvalue weighted by atomic mass is 10.0. The molecule has 0 radical (unpaired) electrons. The maximum atomic E-state index is 13.8. The third-order valence-electron chi connectivity index (χ3n) is 7.44. The van der Waals surface area contributed by atoms with Crippen molar-refractivity contribution in [2.24, 2.45) is 0 Å². The van der Waals surface area contributed by atoms with Gasteiger partial charge in [-0.1, -0.05) is 0 Å². The molecule has 4 rings (SSSR count). The van der Waals surface area contributed by atoms with Crippen molar-refractivity contribution in [2.45, 2.75) is 65.5 Å². The molecule has 0 aliphatic carbocycles. The molecule has 2 aromatic rings. The van der Waals surface area contributed by atoms with Gasteiger partial charge in [-0.15, -0.1) is 0 Å². The van der Waals surface area contributed by atoms with Crippen LogP contribution >= 0.6 is 0 Å². The number of hydrogen-bond donors (Lipinski definition) is 3. The predicted molar refractivity (Wildman–Crippen MR) is 163 cm³/mol. The summed E-state index contributed by atoms with van der Waals surface area (Å²) in [5.74, 6) is 0.356. The maximum Gasteiger partial charge on any atom is 0.303 e. The van der Waals surface area contributed by atoms with Crippen molar-refractivity contribution in [1.29, 1.82) is 5.41 Å². The van der Waals surface area contributed by atoms with E-state index >= 15 is 0 Å². The average molecular weight is 595 g/mol. The van der Waals surface area contributed by atoms with E-state index in [-0.39, 0.29) is 36.6 Å². The number of carboxylic acid groups (broad SMARTS) is 1. The van der Waals surface area contributed by atoms with Gasteiger partial charge < -0.3 is 34.4 Å². The number of Topliss-reactive ketones (excluding diaryl/α,β-unsaturated/α-hetero) is 1. The number of amidine groups is 1. The molecule has 3 N–H and O–H groups in total. The van der Waals surface area contributed by atoms with Gasteiger partial charge in [-0.2, -0.15) is 0 Å². The van der Waals surface area contributed by atoms with Gasteiger partial charge in [0, 0.05) is 44.2 Å². The van der Waals surface area contributed by atoms with Gasteiger partial charge >= 0.3 is 5.97 Å². The number of aliphatic carboxylic acids is 1. The fourth-order valence-electron chi connectivity index (χ4n) is 5.40. The van der Waals surface area contributed by atoms with E-state index in [1.54, 1.807) is 30.1 Å². The van der Waals surface area contributed by atoms with Gasteiger partial charge in [0.25, 0.3) is 5.91 Å². The molecule has 2 aliphatic heterocycles. The zero-order valence-corrected chi connectivity index (χ0v) is 25.5. The van der Waals surface area contributed by atoms with Crippen LogP contribution in [0.5, 0.6) is 17.2 Å². The Balaban J connectivity index is 1.60. The topological polar surface area (TPSA) is 141 Å².